The van der Waals surface area contributed by atoms with Gasteiger partial charge in [-0.3, -0.25) is 0 Å². The van der Waals surface area contributed by atoms with Crippen molar-refractivity contribution in [1.29, 1.82) is 0 Å². The van der Waals surface area contributed by atoms with Crippen molar-refractivity contribution in [3.05, 3.63) is 215 Å². The summed E-state index contributed by atoms with van der Waals surface area (Å²) in [5, 5.41) is 2.67. The molecule has 0 fully saturated rings. The Balaban J connectivity index is 1.10. The lowest BCUT2D eigenvalue weighted by Crippen LogP contribution is -2.28. The van der Waals surface area contributed by atoms with Gasteiger partial charge in [-0.15, -0.1) is 11.3 Å². The molecule has 0 bridgehead atoms. The predicted octanol–water partition coefficient (Wildman–Crippen LogP) is 14.1. The van der Waals surface area contributed by atoms with Gasteiger partial charge in [-0.05, 0) is 96.1 Å². The minimum atomic E-state index is -0.475. The first-order chi connectivity index (χ1) is 26.0. The zero-order valence-corrected chi connectivity index (χ0v) is 30.5. The maximum atomic E-state index is 2.46. The average Bonchev–Trinajstić information content (AvgIpc) is 3.82. The molecule has 0 N–H and O–H groups in total. The Hall–Kier alpha value is -6.02. The molecule has 11 rings (SSSR count). The molecular formula is C52H36S. The summed E-state index contributed by atoms with van der Waals surface area (Å²) < 4.78 is 2.68. The molecule has 0 radical (unpaired) electrons. The number of rotatable bonds is 4. The zero-order chi connectivity index (χ0) is 35.3. The molecule has 0 atom stereocenters. The molecule has 0 saturated heterocycles. The van der Waals surface area contributed by atoms with E-state index in [4.69, 9.17) is 0 Å². The smallest absolute Gasteiger partial charge is 0.0713 e. The van der Waals surface area contributed by atoms with Crippen LogP contribution in [0.1, 0.15) is 47.2 Å². The van der Waals surface area contributed by atoms with E-state index < -0.39 is 5.41 Å². The fourth-order valence-electron chi connectivity index (χ4n) is 9.71. The van der Waals surface area contributed by atoms with E-state index >= 15 is 0 Å². The molecule has 8 aromatic carbocycles. The summed E-state index contributed by atoms with van der Waals surface area (Å²) >= 11 is 1.89. The lowest BCUT2D eigenvalue weighted by atomic mass is 9.67. The molecule has 0 saturated carbocycles. The van der Waals surface area contributed by atoms with Crippen molar-refractivity contribution >= 4 is 31.5 Å². The Labute approximate surface area is 314 Å². The van der Waals surface area contributed by atoms with Crippen molar-refractivity contribution in [2.75, 3.05) is 0 Å². The Kier molecular flexibility index (Phi) is 6.49. The summed E-state index contributed by atoms with van der Waals surface area (Å²) in [6.07, 6.45) is 0. The van der Waals surface area contributed by atoms with Gasteiger partial charge in [-0.2, -0.15) is 0 Å². The normalized spacial score (nSPS) is 14.5. The summed E-state index contributed by atoms with van der Waals surface area (Å²) in [7, 11) is 0. The van der Waals surface area contributed by atoms with Gasteiger partial charge in [0.2, 0.25) is 0 Å². The second-order valence-corrected chi connectivity index (χ2v) is 16.3. The summed E-state index contributed by atoms with van der Waals surface area (Å²) in [4.78, 5) is 0. The Bertz CT molecular complexity index is 2870. The van der Waals surface area contributed by atoms with Crippen molar-refractivity contribution in [3.8, 4) is 44.5 Å². The zero-order valence-electron chi connectivity index (χ0n) is 29.7. The van der Waals surface area contributed by atoms with Crippen LogP contribution >= 0.6 is 11.3 Å². The van der Waals surface area contributed by atoms with Crippen LogP contribution in [0, 0.1) is 0 Å². The monoisotopic (exact) mass is 692 g/mol. The van der Waals surface area contributed by atoms with Crippen LogP contribution < -0.4 is 0 Å². The van der Waals surface area contributed by atoms with E-state index in [0.717, 1.165) is 0 Å². The van der Waals surface area contributed by atoms with E-state index in [2.05, 4.69) is 196 Å². The molecule has 2 aliphatic carbocycles. The van der Waals surface area contributed by atoms with Gasteiger partial charge < -0.3 is 0 Å². The van der Waals surface area contributed by atoms with Crippen LogP contribution in [0.5, 0.6) is 0 Å². The highest BCUT2D eigenvalue weighted by Gasteiger charge is 2.46. The quantitative estimate of drug-likeness (QED) is 0.172. The molecular weight excluding hydrogens is 657 g/mol. The first-order valence-electron chi connectivity index (χ1n) is 18.6. The van der Waals surface area contributed by atoms with Gasteiger partial charge in [0.15, 0.2) is 0 Å². The number of hydrogen-bond donors (Lipinski definition) is 0. The van der Waals surface area contributed by atoms with Crippen LogP contribution in [-0.4, -0.2) is 0 Å². The SMILES string of the molecule is CC1(C)c2ccccc2-c2ccc(-c3cccc(C4(c5ccc(-c6cccc7c6sc6ccccc67)cc5)c5ccccc5-c5ccccc54)c3)cc21. The number of thiophene rings is 1. The van der Waals surface area contributed by atoms with Gasteiger partial charge in [0, 0.05) is 25.6 Å². The van der Waals surface area contributed by atoms with Crippen LogP contribution in [0.3, 0.4) is 0 Å². The fraction of sp³-hybridized carbons (Fsp3) is 0.0769. The van der Waals surface area contributed by atoms with E-state index in [9.17, 15) is 0 Å². The maximum absolute atomic E-state index is 2.46. The molecule has 1 heteroatoms. The molecule has 9 aromatic rings. The highest BCUT2D eigenvalue weighted by molar-refractivity contribution is 7.26. The van der Waals surface area contributed by atoms with Crippen molar-refractivity contribution < 1.29 is 0 Å². The van der Waals surface area contributed by atoms with Crippen LogP contribution in [0.2, 0.25) is 0 Å². The summed E-state index contributed by atoms with van der Waals surface area (Å²) in [6, 6.07) is 68.5. The molecule has 0 aliphatic heterocycles. The molecule has 0 amide bonds. The van der Waals surface area contributed by atoms with Crippen molar-refractivity contribution in [2.45, 2.75) is 24.7 Å². The first kappa shape index (κ1) is 30.6. The van der Waals surface area contributed by atoms with Gasteiger partial charge in [0.1, 0.15) is 0 Å². The Morgan fingerprint density at radius 1 is 0.358 bits per heavy atom. The molecule has 1 heterocycles. The van der Waals surface area contributed by atoms with Crippen LogP contribution in [0.15, 0.2) is 182 Å². The molecule has 0 spiro atoms. The second kappa shape index (κ2) is 11.2. The number of hydrogen-bond acceptors (Lipinski definition) is 1. The standard InChI is InChI=1S/C52H36S/c1-51(2)45-21-7-3-15-39(45)42-30-27-35(32-48(42)51)34-13-11-14-37(31-34)52(46-22-8-4-16-40(46)41-17-5-9-23-47(41)52)36-28-25-33(26-29-36)38-19-12-20-44-43-18-6-10-24-49(43)53-50(38)44/h3-32H,1-2H3. The minimum absolute atomic E-state index is 0.0496. The minimum Gasteiger partial charge on any atom is -0.135 e. The molecule has 250 valence electrons. The summed E-state index contributed by atoms with van der Waals surface area (Å²) in [6.45, 7) is 4.73. The molecule has 53 heavy (non-hydrogen) atoms. The highest BCUT2D eigenvalue weighted by atomic mass is 32.1. The van der Waals surface area contributed by atoms with Crippen LogP contribution in [0.4, 0.5) is 0 Å². The van der Waals surface area contributed by atoms with Gasteiger partial charge in [0.05, 0.1) is 5.41 Å². The van der Waals surface area contributed by atoms with E-state index in [1.807, 2.05) is 11.3 Å². The average molecular weight is 693 g/mol. The summed E-state index contributed by atoms with van der Waals surface area (Å²) in [5.74, 6) is 0. The molecule has 0 nitrogen and oxygen atoms in total. The van der Waals surface area contributed by atoms with Gasteiger partial charge in [-0.1, -0.05) is 178 Å². The van der Waals surface area contributed by atoms with Crippen molar-refractivity contribution in [1.82, 2.24) is 0 Å². The summed E-state index contributed by atoms with van der Waals surface area (Å²) in [5.41, 5.74) is 17.9. The van der Waals surface area contributed by atoms with Crippen LogP contribution in [0.25, 0.3) is 64.7 Å². The third-order valence-electron chi connectivity index (χ3n) is 12.2. The Morgan fingerprint density at radius 3 is 1.66 bits per heavy atom. The lowest BCUT2D eigenvalue weighted by molar-refractivity contribution is 0.660. The molecule has 0 unspecified atom stereocenters. The van der Waals surface area contributed by atoms with E-state index in [0.29, 0.717) is 0 Å². The fourth-order valence-corrected chi connectivity index (χ4v) is 11.0. The maximum Gasteiger partial charge on any atom is 0.0713 e. The van der Waals surface area contributed by atoms with Crippen molar-refractivity contribution in [2.24, 2.45) is 0 Å². The van der Waals surface area contributed by atoms with Crippen molar-refractivity contribution in [3.63, 3.8) is 0 Å². The number of benzene rings is 8. The largest absolute Gasteiger partial charge is 0.135 e. The Morgan fingerprint density at radius 2 is 0.906 bits per heavy atom. The predicted molar refractivity (Wildman–Crippen MR) is 225 cm³/mol. The van der Waals surface area contributed by atoms with Crippen LogP contribution in [-0.2, 0) is 10.8 Å². The van der Waals surface area contributed by atoms with E-state index in [-0.39, 0.29) is 5.41 Å². The molecule has 2 aliphatic rings. The van der Waals surface area contributed by atoms with E-state index in [1.54, 1.807) is 0 Å². The first-order valence-corrected chi connectivity index (χ1v) is 19.4. The van der Waals surface area contributed by atoms with Gasteiger partial charge in [0.25, 0.3) is 0 Å². The van der Waals surface area contributed by atoms with E-state index in [1.165, 1.54) is 98.1 Å². The lowest BCUT2D eigenvalue weighted by Gasteiger charge is -2.34. The highest BCUT2D eigenvalue weighted by Crippen LogP contribution is 2.57. The molecule has 1 aromatic heterocycles. The van der Waals surface area contributed by atoms with Gasteiger partial charge in [-0.25, -0.2) is 0 Å². The third kappa shape index (κ3) is 4.23. The second-order valence-electron chi connectivity index (χ2n) is 15.2. The van der Waals surface area contributed by atoms with Gasteiger partial charge >= 0.3 is 0 Å². The topological polar surface area (TPSA) is 0 Å². The third-order valence-corrected chi connectivity index (χ3v) is 13.4. The number of fused-ring (bicyclic) bond motifs is 9.